The van der Waals surface area contributed by atoms with Crippen LogP contribution in [0.15, 0.2) is 36.4 Å². The Hall–Kier alpha value is -2.02. The lowest BCUT2D eigenvalue weighted by Gasteiger charge is -2.49. The maximum absolute atomic E-state index is 13.1. The summed E-state index contributed by atoms with van der Waals surface area (Å²) >= 11 is 0. The highest BCUT2D eigenvalue weighted by Gasteiger charge is 2.43. The van der Waals surface area contributed by atoms with Gasteiger partial charge >= 0.3 is 0 Å². The van der Waals surface area contributed by atoms with E-state index in [1.165, 1.54) is 0 Å². The van der Waals surface area contributed by atoms with Crippen molar-refractivity contribution in [1.82, 2.24) is 19.7 Å². The summed E-state index contributed by atoms with van der Waals surface area (Å²) in [7, 11) is 2.21. The Bertz CT molecular complexity index is 901. The standard InChI is InChI=1S/C24H32N4O2/c1-26-13-15-27(16-14-26)20-8-17-30-24(18-20)9-11-28(12-10-24)23(29)22-7-6-19-4-2-3-5-21(19)25-22/h2-7,20H,8-18H2,1H3. The largest absolute Gasteiger partial charge is 0.375 e. The molecule has 3 fully saturated rings. The number of piperazine rings is 1. The molecule has 160 valence electrons. The van der Waals surface area contributed by atoms with Gasteiger partial charge in [-0.05, 0) is 44.9 Å². The maximum atomic E-state index is 13.1. The number of para-hydroxylation sites is 1. The Morgan fingerprint density at radius 1 is 1.03 bits per heavy atom. The maximum Gasteiger partial charge on any atom is 0.272 e. The average molecular weight is 409 g/mol. The van der Waals surface area contributed by atoms with Crippen molar-refractivity contribution in [3.05, 3.63) is 42.1 Å². The first-order valence-electron chi connectivity index (χ1n) is 11.3. The van der Waals surface area contributed by atoms with E-state index < -0.39 is 0 Å². The fourth-order valence-electron chi connectivity index (χ4n) is 5.31. The quantitative estimate of drug-likeness (QED) is 0.765. The second kappa shape index (κ2) is 8.25. The van der Waals surface area contributed by atoms with Crippen molar-refractivity contribution in [2.24, 2.45) is 0 Å². The number of pyridine rings is 1. The summed E-state index contributed by atoms with van der Waals surface area (Å²) in [4.78, 5) is 24.7. The summed E-state index contributed by atoms with van der Waals surface area (Å²) in [5.74, 6) is 0.0435. The number of carbonyl (C=O) groups excluding carboxylic acids is 1. The minimum absolute atomic E-state index is 0.0435. The number of benzene rings is 1. The van der Waals surface area contributed by atoms with Gasteiger partial charge in [-0.15, -0.1) is 0 Å². The molecule has 1 spiro atoms. The van der Waals surface area contributed by atoms with Gasteiger partial charge in [-0.3, -0.25) is 9.69 Å². The molecule has 0 bridgehead atoms. The third-order valence-corrected chi connectivity index (χ3v) is 7.30. The topological polar surface area (TPSA) is 48.9 Å². The number of hydrogen-bond acceptors (Lipinski definition) is 5. The molecule has 4 heterocycles. The molecule has 1 aromatic carbocycles. The molecule has 3 aliphatic heterocycles. The van der Waals surface area contributed by atoms with Crippen LogP contribution in [0.1, 0.15) is 36.2 Å². The van der Waals surface area contributed by atoms with Crippen molar-refractivity contribution in [2.75, 3.05) is 52.9 Å². The van der Waals surface area contributed by atoms with Gasteiger partial charge in [0.1, 0.15) is 5.69 Å². The monoisotopic (exact) mass is 408 g/mol. The van der Waals surface area contributed by atoms with Gasteiger partial charge in [0, 0.05) is 57.3 Å². The molecule has 5 rings (SSSR count). The molecule has 6 nitrogen and oxygen atoms in total. The SMILES string of the molecule is CN1CCN(C2CCOC3(CCN(C(=O)c4ccc5ccccc5n4)CC3)C2)CC1. The Labute approximate surface area is 178 Å². The van der Waals surface area contributed by atoms with Crippen LogP contribution in [0.5, 0.6) is 0 Å². The van der Waals surface area contributed by atoms with Crippen LogP contribution in [-0.4, -0.2) is 90.2 Å². The summed E-state index contributed by atoms with van der Waals surface area (Å²) < 4.78 is 6.35. The number of amides is 1. The number of likely N-dealkylation sites (tertiary alicyclic amines) is 1. The number of piperidine rings is 1. The Morgan fingerprint density at radius 3 is 2.60 bits per heavy atom. The van der Waals surface area contributed by atoms with Crippen molar-refractivity contribution in [1.29, 1.82) is 0 Å². The van der Waals surface area contributed by atoms with Crippen LogP contribution in [0.3, 0.4) is 0 Å². The molecule has 1 unspecified atom stereocenters. The average Bonchev–Trinajstić information content (AvgIpc) is 2.79. The summed E-state index contributed by atoms with van der Waals surface area (Å²) in [6.45, 7) is 6.99. The molecule has 6 heteroatoms. The van der Waals surface area contributed by atoms with Gasteiger partial charge in [0.05, 0.1) is 11.1 Å². The van der Waals surface area contributed by atoms with Crippen molar-refractivity contribution in [3.8, 4) is 0 Å². The van der Waals surface area contributed by atoms with E-state index in [4.69, 9.17) is 4.74 Å². The summed E-state index contributed by atoms with van der Waals surface area (Å²) in [6, 6.07) is 12.4. The van der Waals surface area contributed by atoms with Crippen molar-refractivity contribution in [3.63, 3.8) is 0 Å². The number of nitrogens with zero attached hydrogens (tertiary/aromatic N) is 4. The Kier molecular flexibility index (Phi) is 5.48. The molecular weight excluding hydrogens is 376 g/mol. The predicted molar refractivity (Wildman–Crippen MR) is 118 cm³/mol. The molecule has 0 aliphatic carbocycles. The van der Waals surface area contributed by atoms with E-state index in [2.05, 4.69) is 21.8 Å². The van der Waals surface area contributed by atoms with E-state index in [9.17, 15) is 4.79 Å². The highest BCUT2D eigenvalue weighted by molar-refractivity contribution is 5.95. The van der Waals surface area contributed by atoms with Gasteiger partial charge in [0.15, 0.2) is 0 Å². The van der Waals surface area contributed by atoms with Gasteiger partial charge in [-0.2, -0.15) is 0 Å². The fraction of sp³-hybridized carbons (Fsp3) is 0.583. The predicted octanol–water partition coefficient (Wildman–Crippen LogP) is 2.64. The van der Waals surface area contributed by atoms with Gasteiger partial charge in [-0.25, -0.2) is 4.98 Å². The lowest BCUT2D eigenvalue weighted by atomic mass is 9.81. The van der Waals surface area contributed by atoms with Crippen LogP contribution in [0.25, 0.3) is 10.9 Å². The first-order chi connectivity index (χ1) is 14.6. The smallest absolute Gasteiger partial charge is 0.272 e. The van der Waals surface area contributed by atoms with Gasteiger partial charge in [0.2, 0.25) is 0 Å². The van der Waals surface area contributed by atoms with Crippen LogP contribution >= 0.6 is 0 Å². The molecule has 2 aromatic rings. The minimum atomic E-state index is -0.0557. The Balaban J connectivity index is 1.22. The molecule has 3 saturated heterocycles. The highest BCUT2D eigenvalue weighted by Crippen LogP contribution is 2.37. The highest BCUT2D eigenvalue weighted by atomic mass is 16.5. The van der Waals surface area contributed by atoms with E-state index in [0.717, 1.165) is 82.5 Å². The van der Waals surface area contributed by atoms with Crippen molar-refractivity contribution in [2.45, 2.75) is 37.3 Å². The third-order valence-electron chi connectivity index (χ3n) is 7.30. The number of ether oxygens (including phenoxy) is 1. The number of fused-ring (bicyclic) bond motifs is 1. The van der Waals surface area contributed by atoms with Crippen LogP contribution < -0.4 is 0 Å². The zero-order valence-electron chi connectivity index (χ0n) is 17.9. The van der Waals surface area contributed by atoms with Gasteiger partial charge < -0.3 is 14.5 Å². The summed E-state index contributed by atoms with van der Waals surface area (Å²) in [5.41, 5.74) is 1.37. The second-order valence-corrected chi connectivity index (χ2v) is 9.20. The first kappa shape index (κ1) is 19.9. The van der Waals surface area contributed by atoms with Crippen molar-refractivity contribution < 1.29 is 9.53 Å². The molecule has 0 saturated carbocycles. The fourth-order valence-corrected chi connectivity index (χ4v) is 5.31. The molecule has 30 heavy (non-hydrogen) atoms. The molecule has 0 radical (unpaired) electrons. The number of carbonyl (C=O) groups is 1. The molecule has 0 N–H and O–H groups in total. The zero-order chi connectivity index (χ0) is 20.6. The van der Waals surface area contributed by atoms with Crippen molar-refractivity contribution >= 4 is 16.8 Å². The number of aromatic nitrogens is 1. The third kappa shape index (κ3) is 3.96. The van der Waals surface area contributed by atoms with Crippen LogP contribution in [0.4, 0.5) is 0 Å². The molecule has 1 aromatic heterocycles. The number of hydrogen-bond donors (Lipinski definition) is 0. The lowest BCUT2D eigenvalue weighted by Crippen LogP contribution is -2.57. The van der Waals surface area contributed by atoms with Gasteiger partial charge in [0.25, 0.3) is 5.91 Å². The Morgan fingerprint density at radius 2 is 1.80 bits per heavy atom. The number of rotatable bonds is 2. The number of likely N-dealkylation sites (N-methyl/N-ethyl adjacent to an activating group) is 1. The van der Waals surface area contributed by atoms with E-state index >= 15 is 0 Å². The molecular formula is C24H32N4O2. The minimum Gasteiger partial charge on any atom is -0.375 e. The summed E-state index contributed by atoms with van der Waals surface area (Å²) in [5, 5.41) is 1.07. The lowest BCUT2D eigenvalue weighted by molar-refractivity contribution is -0.132. The normalized spacial score (nSPS) is 25.6. The van der Waals surface area contributed by atoms with E-state index in [1.807, 2.05) is 41.3 Å². The first-order valence-corrected chi connectivity index (χ1v) is 11.3. The molecule has 1 atom stereocenters. The van der Waals surface area contributed by atoms with Crippen LogP contribution in [0.2, 0.25) is 0 Å². The van der Waals surface area contributed by atoms with E-state index in [1.54, 1.807) is 0 Å². The molecule has 1 amide bonds. The second-order valence-electron chi connectivity index (χ2n) is 9.20. The van der Waals surface area contributed by atoms with Gasteiger partial charge in [-0.1, -0.05) is 24.3 Å². The molecule has 3 aliphatic rings. The van der Waals surface area contributed by atoms with E-state index in [-0.39, 0.29) is 11.5 Å². The van der Waals surface area contributed by atoms with Crippen LogP contribution in [-0.2, 0) is 4.74 Å². The van der Waals surface area contributed by atoms with E-state index in [0.29, 0.717) is 11.7 Å². The summed E-state index contributed by atoms with van der Waals surface area (Å²) in [6.07, 6.45) is 4.09. The zero-order valence-corrected chi connectivity index (χ0v) is 17.9. The van der Waals surface area contributed by atoms with Crippen LogP contribution in [0, 0.1) is 0 Å².